The molecule has 28 heavy (non-hydrogen) atoms. The Morgan fingerprint density at radius 3 is 2.57 bits per heavy atom. The van der Waals surface area contributed by atoms with Crippen molar-refractivity contribution in [2.75, 3.05) is 6.61 Å². The van der Waals surface area contributed by atoms with Gasteiger partial charge >= 0.3 is 5.97 Å². The number of hydrogen-bond acceptors (Lipinski definition) is 5. The fourth-order valence-electron chi connectivity index (χ4n) is 3.68. The van der Waals surface area contributed by atoms with Gasteiger partial charge in [0.05, 0.1) is 12.5 Å². The number of hydrogen-bond donors (Lipinski definition) is 2. The molecule has 0 aromatic heterocycles. The van der Waals surface area contributed by atoms with Crippen molar-refractivity contribution in [2.24, 2.45) is 5.73 Å². The molecule has 0 aliphatic carbocycles. The van der Waals surface area contributed by atoms with E-state index < -0.39 is 11.9 Å². The SMILES string of the molecule is CCOC(=O)C1=C(N)Oc2ccc3ccc(O)cc3c2[C@H]1c1ccc(C)cc1. The topological polar surface area (TPSA) is 81.8 Å². The van der Waals surface area contributed by atoms with Crippen LogP contribution in [-0.4, -0.2) is 17.7 Å². The van der Waals surface area contributed by atoms with E-state index in [0.29, 0.717) is 5.75 Å². The van der Waals surface area contributed by atoms with E-state index in [1.165, 1.54) is 0 Å². The fourth-order valence-corrected chi connectivity index (χ4v) is 3.68. The van der Waals surface area contributed by atoms with Gasteiger partial charge in [0.25, 0.3) is 0 Å². The van der Waals surface area contributed by atoms with E-state index in [0.717, 1.165) is 27.5 Å². The number of esters is 1. The Kier molecular flexibility index (Phi) is 4.43. The average molecular weight is 375 g/mol. The van der Waals surface area contributed by atoms with Crippen LogP contribution in [0.25, 0.3) is 10.8 Å². The number of aryl methyl sites for hydroxylation is 1. The quantitative estimate of drug-likeness (QED) is 0.673. The summed E-state index contributed by atoms with van der Waals surface area (Å²) in [6.07, 6.45) is 0. The van der Waals surface area contributed by atoms with Crippen LogP contribution in [0.15, 0.2) is 66.1 Å². The van der Waals surface area contributed by atoms with Crippen molar-refractivity contribution < 1.29 is 19.4 Å². The summed E-state index contributed by atoms with van der Waals surface area (Å²) in [6.45, 7) is 3.99. The van der Waals surface area contributed by atoms with Crippen molar-refractivity contribution in [1.29, 1.82) is 0 Å². The molecule has 3 aromatic carbocycles. The lowest BCUT2D eigenvalue weighted by molar-refractivity contribution is -0.139. The number of fused-ring (bicyclic) bond motifs is 3. The Labute approximate surface area is 163 Å². The first-order chi connectivity index (χ1) is 13.5. The van der Waals surface area contributed by atoms with Crippen LogP contribution in [0.5, 0.6) is 11.5 Å². The van der Waals surface area contributed by atoms with Crippen LogP contribution < -0.4 is 10.5 Å². The first-order valence-corrected chi connectivity index (χ1v) is 9.16. The summed E-state index contributed by atoms with van der Waals surface area (Å²) >= 11 is 0. The molecule has 4 rings (SSSR count). The average Bonchev–Trinajstić information content (AvgIpc) is 2.67. The van der Waals surface area contributed by atoms with Crippen molar-refractivity contribution in [3.63, 3.8) is 0 Å². The van der Waals surface area contributed by atoms with Crippen molar-refractivity contribution in [3.8, 4) is 11.5 Å². The predicted molar refractivity (Wildman–Crippen MR) is 107 cm³/mol. The molecule has 3 aromatic rings. The summed E-state index contributed by atoms with van der Waals surface area (Å²) in [4.78, 5) is 12.8. The molecular formula is C23H21NO4. The van der Waals surface area contributed by atoms with Crippen molar-refractivity contribution in [1.82, 2.24) is 0 Å². The van der Waals surface area contributed by atoms with Gasteiger partial charge in [0.2, 0.25) is 5.88 Å². The number of phenolic OH excluding ortho intramolecular Hbond substituents is 1. The first-order valence-electron chi connectivity index (χ1n) is 9.16. The molecule has 0 amide bonds. The van der Waals surface area contributed by atoms with E-state index in [4.69, 9.17) is 15.2 Å². The van der Waals surface area contributed by atoms with Gasteiger partial charge in [-0.15, -0.1) is 0 Å². The summed E-state index contributed by atoms with van der Waals surface area (Å²) in [7, 11) is 0. The zero-order chi connectivity index (χ0) is 19.8. The lowest BCUT2D eigenvalue weighted by Crippen LogP contribution is -2.27. The van der Waals surface area contributed by atoms with Gasteiger partial charge in [0.15, 0.2) is 0 Å². The van der Waals surface area contributed by atoms with E-state index in [-0.39, 0.29) is 23.8 Å². The molecule has 142 valence electrons. The van der Waals surface area contributed by atoms with Crippen LogP contribution in [0.1, 0.15) is 29.5 Å². The molecule has 5 nitrogen and oxygen atoms in total. The largest absolute Gasteiger partial charge is 0.508 e. The highest BCUT2D eigenvalue weighted by Gasteiger charge is 2.36. The normalized spacial score (nSPS) is 15.9. The Balaban J connectivity index is 2.03. The van der Waals surface area contributed by atoms with Gasteiger partial charge in [0, 0.05) is 5.56 Å². The maximum atomic E-state index is 12.8. The molecule has 0 fully saturated rings. The Morgan fingerprint density at radius 1 is 1.14 bits per heavy atom. The summed E-state index contributed by atoms with van der Waals surface area (Å²) in [5, 5.41) is 11.8. The molecule has 1 aliphatic rings. The maximum absolute atomic E-state index is 12.8. The monoisotopic (exact) mass is 375 g/mol. The van der Waals surface area contributed by atoms with Crippen molar-refractivity contribution in [2.45, 2.75) is 19.8 Å². The highest BCUT2D eigenvalue weighted by molar-refractivity contribution is 5.97. The molecule has 0 spiro atoms. The molecule has 3 N–H and O–H groups in total. The number of phenols is 1. The molecule has 0 unspecified atom stereocenters. The molecule has 1 heterocycles. The Morgan fingerprint density at radius 2 is 1.86 bits per heavy atom. The van der Waals surface area contributed by atoms with E-state index in [1.807, 2.05) is 49.4 Å². The fraction of sp³-hybridized carbons (Fsp3) is 0.174. The summed E-state index contributed by atoms with van der Waals surface area (Å²) in [5.74, 6) is -0.226. The molecule has 0 saturated carbocycles. The van der Waals surface area contributed by atoms with Gasteiger partial charge in [-0.2, -0.15) is 0 Å². The van der Waals surface area contributed by atoms with Crippen molar-refractivity contribution >= 4 is 16.7 Å². The van der Waals surface area contributed by atoms with Crippen LogP contribution in [-0.2, 0) is 9.53 Å². The van der Waals surface area contributed by atoms with E-state index in [9.17, 15) is 9.90 Å². The second-order valence-corrected chi connectivity index (χ2v) is 6.83. The third-order valence-electron chi connectivity index (χ3n) is 4.98. The molecule has 0 saturated heterocycles. The molecule has 1 atom stereocenters. The molecular weight excluding hydrogens is 354 g/mol. The van der Waals surface area contributed by atoms with Crippen LogP contribution in [0.3, 0.4) is 0 Å². The zero-order valence-corrected chi connectivity index (χ0v) is 15.7. The lowest BCUT2D eigenvalue weighted by Gasteiger charge is -2.29. The standard InChI is InChI=1S/C23H21NO4/c1-3-27-23(26)21-19(15-6-4-13(2)5-7-15)20-17-12-16(25)10-8-14(17)9-11-18(20)28-22(21)24/h4-12,19,25H,3,24H2,1-2H3/t19-/m1/s1. The lowest BCUT2D eigenvalue weighted by atomic mass is 9.80. The van der Waals surface area contributed by atoms with E-state index in [2.05, 4.69) is 0 Å². The number of nitrogens with two attached hydrogens (primary N) is 1. The molecule has 1 aliphatic heterocycles. The minimum Gasteiger partial charge on any atom is -0.508 e. The van der Waals surface area contributed by atoms with Gasteiger partial charge in [-0.05, 0) is 48.4 Å². The summed E-state index contributed by atoms with van der Waals surface area (Å²) in [6, 6.07) is 16.8. The maximum Gasteiger partial charge on any atom is 0.340 e. The third kappa shape index (κ3) is 2.95. The molecule has 0 bridgehead atoms. The minimum atomic E-state index is -0.506. The minimum absolute atomic E-state index is 0.0380. The number of rotatable bonds is 3. The van der Waals surface area contributed by atoms with Crippen molar-refractivity contribution in [3.05, 3.63) is 82.7 Å². The number of aromatic hydroxyl groups is 1. The number of carbonyl (C=O) groups excluding carboxylic acids is 1. The van der Waals surface area contributed by atoms with Gasteiger partial charge in [-0.25, -0.2) is 4.79 Å². The predicted octanol–water partition coefficient (Wildman–Crippen LogP) is 4.11. The van der Waals surface area contributed by atoms with E-state index in [1.54, 1.807) is 19.1 Å². The van der Waals surface area contributed by atoms with Gasteiger partial charge in [0.1, 0.15) is 17.1 Å². The van der Waals surface area contributed by atoms with E-state index >= 15 is 0 Å². The van der Waals surface area contributed by atoms with Crippen LogP contribution in [0, 0.1) is 6.92 Å². The van der Waals surface area contributed by atoms with Crippen LogP contribution in [0.4, 0.5) is 0 Å². The zero-order valence-electron chi connectivity index (χ0n) is 15.7. The smallest absolute Gasteiger partial charge is 0.340 e. The number of carbonyl (C=O) groups is 1. The summed E-state index contributed by atoms with van der Waals surface area (Å²) < 4.78 is 11.1. The number of ether oxygens (including phenoxy) is 2. The van der Waals surface area contributed by atoms with Crippen LogP contribution >= 0.6 is 0 Å². The van der Waals surface area contributed by atoms with Gasteiger partial charge < -0.3 is 20.3 Å². The Hall–Kier alpha value is -3.47. The molecule has 0 radical (unpaired) electrons. The summed E-state index contributed by atoms with van der Waals surface area (Å²) in [5.41, 5.74) is 9.23. The van der Waals surface area contributed by atoms with Gasteiger partial charge in [-0.1, -0.05) is 42.0 Å². The first kappa shape index (κ1) is 17.9. The number of benzene rings is 3. The second-order valence-electron chi connectivity index (χ2n) is 6.83. The molecule has 5 heteroatoms. The highest BCUT2D eigenvalue weighted by atomic mass is 16.5. The highest BCUT2D eigenvalue weighted by Crippen LogP contribution is 2.46. The Bertz CT molecular complexity index is 1100. The third-order valence-corrected chi connectivity index (χ3v) is 4.98. The van der Waals surface area contributed by atoms with Gasteiger partial charge in [-0.3, -0.25) is 0 Å². The second kappa shape index (κ2) is 6.93. The van der Waals surface area contributed by atoms with Crippen LogP contribution in [0.2, 0.25) is 0 Å².